The summed E-state index contributed by atoms with van der Waals surface area (Å²) < 4.78 is 6.33. The van der Waals surface area contributed by atoms with Gasteiger partial charge in [0.05, 0.1) is 36.4 Å². The average molecular weight is 697 g/mol. The van der Waals surface area contributed by atoms with Crippen LogP contribution >= 0.6 is 0 Å². The molecule has 0 fully saturated rings. The summed E-state index contributed by atoms with van der Waals surface area (Å²) in [5.74, 6) is 0.269. The van der Waals surface area contributed by atoms with Crippen molar-refractivity contribution in [3.05, 3.63) is 128 Å². The molecule has 1 unspecified atom stereocenters. The third kappa shape index (κ3) is 5.42. The number of nitrogens with zero attached hydrogens (tertiary/aromatic N) is 10. The molecule has 0 saturated carbocycles. The highest BCUT2D eigenvalue weighted by molar-refractivity contribution is 5.80. The topological polar surface area (TPSA) is 182 Å². The van der Waals surface area contributed by atoms with E-state index in [1.807, 2.05) is 59.1 Å². The van der Waals surface area contributed by atoms with Gasteiger partial charge in [-0.25, -0.2) is 33.3 Å². The molecule has 0 radical (unpaired) electrons. The quantitative estimate of drug-likeness (QED) is 0.197. The number of pyridine rings is 2. The van der Waals surface area contributed by atoms with Crippen molar-refractivity contribution < 1.29 is 5.11 Å². The zero-order valence-electron chi connectivity index (χ0n) is 29.2. The largest absolute Gasteiger partial charge is 0.392 e. The monoisotopic (exact) mass is 696 g/mol. The summed E-state index contributed by atoms with van der Waals surface area (Å²) in [6.07, 6.45) is 14.3. The summed E-state index contributed by atoms with van der Waals surface area (Å²) in [6.45, 7) is 9.56. The van der Waals surface area contributed by atoms with Crippen LogP contribution < -0.4 is 11.1 Å². The summed E-state index contributed by atoms with van der Waals surface area (Å²) in [7, 11) is 0. The van der Waals surface area contributed by atoms with E-state index in [1.54, 1.807) is 58.7 Å². The molecule has 0 amide bonds. The Morgan fingerprint density at radius 2 is 1.56 bits per heavy atom. The zero-order valence-corrected chi connectivity index (χ0v) is 29.2. The van der Waals surface area contributed by atoms with Crippen LogP contribution in [0.4, 0.5) is 0 Å². The van der Waals surface area contributed by atoms with Crippen molar-refractivity contribution in [2.45, 2.75) is 59.5 Å². The van der Waals surface area contributed by atoms with Crippen LogP contribution in [0.5, 0.6) is 0 Å². The molecule has 52 heavy (non-hydrogen) atoms. The third-order valence-corrected chi connectivity index (χ3v) is 9.45. The highest BCUT2D eigenvalue weighted by Gasteiger charge is 2.26. The fourth-order valence-electron chi connectivity index (χ4n) is 6.99. The lowest BCUT2D eigenvalue weighted by Crippen LogP contribution is -2.24. The molecule has 0 bridgehead atoms. The van der Waals surface area contributed by atoms with Crippen molar-refractivity contribution in [3.8, 4) is 33.8 Å². The number of rotatable bonds is 9. The van der Waals surface area contributed by atoms with Crippen molar-refractivity contribution in [3.63, 3.8) is 0 Å². The number of nitrogens with one attached hydrogen (secondary N) is 2. The summed E-state index contributed by atoms with van der Waals surface area (Å²) in [4.78, 5) is 46.4. The van der Waals surface area contributed by atoms with Crippen molar-refractivity contribution in [2.75, 3.05) is 0 Å². The second-order valence-corrected chi connectivity index (χ2v) is 13.3. The van der Waals surface area contributed by atoms with Crippen LogP contribution in [0.2, 0.25) is 0 Å². The number of H-pyrrole nitrogens is 2. The zero-order chi connectivity index (χ0) is 36.3. The van der Waals surface area contributed by atoms with Crippen LogP contribution in [0.3, 0.4) is 0 Å². The van der Waals surface area contributed by atoms with Gasteiger partial charge in [-0.3, -0.25) is 24.8 Å². The standard InChI is InChI=1S/C37H36N12O3/c1-20(2)31-22(4)44-35-33(26-14-40-46(18-26)27-7-6-10-38-15-27)29(45-49(35)36(31)51)11-21(3)32-23(5)43-34-28(16-42-48(34)37(32)52)25-13-41-47(17-25)30-9-8-24(19-50)12-39-30/h6-10,12-18,20-21,42,45,50H,11,19H2,1-5H3. The summed E-state index contributed by atoms with van der Waals surface area (Å²) >= 11 is 0. The van der Waals surface area contributed by atoms with E-state index in [0.717, 1.165) is 28.1 Å². The molecule has 0 aromatic carbocycles. The third-order valence-electron chi connectivity index (χ3n) is 9.45. The maximum absolute atomic E-state index is 14.2. The number of hydrogen-bond acceptors (Lipinski definition) is 9. The van der Waals surface area contributed by atoms with Crippen LogP contribution in [0.1, 0.15) is 66.4 Å². The van der Waals surface area contributed by atoms with Crippen LogP contribution in [0, 0.1) is 13.8 Å². The van der Waals surface area contributed by atoms with E-state index < -0.39 is 0 Å². The molecule has 262 valence electrons. The first-order valence-corrected chi connectivity index (χ1v) is 16.9. The highest BCUT2D eigenvalue weighted by atomic mass is 16.3. The summed E-state index contributed by atoms with van der Waals surface area (Å²) in [5.41, 5.74) is 8.27. The predicted molar refractivity (Wildman–Crippen MR) is 194 cm³/mol. The molecule has 0 spiro atoms. The summed E-state index contributed by atoms with van der Waals surface area (Å²) in [6, 6.07) is 7.32. The Labute approximate surface area is 296 Å². The minimum atomic E-state index is -0.305. The number of fused-ring (bicyclic) bond motifs is 2. The second kappa shape index (κ2) is 12.7. The number of aliphatic hydroxyl groups excluding tert-OH is 1. The number of aliphatic hydroxyl groups is 1. The molecule has 0 aliphatic carbocycles. The van der Waals surface area contributed by atoms with Gasteiger partial charge in [-0.1, -0.05) is 26.8 Å². The Hall–Kier alpha value is -6.48. The Kier molecular flexibility index (Phi) is 7.98. The smallest absolute Gasteiger partial charge is 0.276 e. The first kappa shape index (κ1) is 32.7. The molecule has 8 aromatic heterocycles. The lowest BCUT2D eigenvalue weighted by Gasteiger charge is -2.14. The van der Waals surface area contributed by atoms with Crippen LogP contribution in [-0.4, -0.2) is 63.8 Å². The van der Waals surface area contributed by atoms with Gasteiger partial charge in [0.2, 0.25) is 0 Å². The van der Waals surface area contributed by atoms with Gasteiger partial charge >= 0.3 is 0 Å². The molecule has 1 atom stereocenters. The van der Waals surface area contributed by atoms with Crippen LogP contribution in [0.25, 0.3) is 45.1 Å². The number of hydrogen-bond donors (Lipinski definition) is 3. The predicted octanol–water partition coefficient (Wildman–Crippen LogP) is 4.43. The minimum Gasteiger partial charge on any atom is -0.392 e. The van der Waals surface area contributed by atoms with Crippen LogP contribution in [0.15, 0.2) is 83.4 Å². The SMILES string of the molecule is Cc1nc2c(-c3cnn(-c4cccnc4)c3)c(CC(C)c3c(C)nc4c(-c5cnn(-c6ccc(CO)cn6)c5)c[nH]n4c3=O)[nH]n2c(=O)c1C(C)C. The van der Waals surface area contributed by atoms with Crippen molar-refractivity contribution in [1.82, 2.24) is 58.7 Å². The van der Waals surface area contributed by atoms with Crippen molar-refractivity contribution in [1.29, 1.82) is 0 Å². The number of aromatic nitrogens is 12. The highest BCUT2D eigenvalue weighted by Crippen LogP contribution is 2.33. The molecule has 0 saturated heterocycles. The molecule has 8 heterocycles. The van der Waals surface area contributed by atoms with Crippen molar-refractivity contribution >= 4 is 11.3 Å². The van der Waals surface area contributed by atoms with Gasteiger partial charge in [0.15, 0.2) is 17.1 Å². The van der Waals surface area contributed by atoms with Gasteiger partial charge in [-0.15, -0.1) is 0 Å². The van der Waals surface area contributed by atoms with Crippen molar-refractivity contribution in [2.24, 2.45) is 0 Å². The van der Waals surface area contributed by atoms with Gasteiger partial charge in [-0.2, -0.15) is 10.2 Å². The fraction of sp³-hybridized carbons (Fsp3) is 0.243. The van der Waals surface area contributed by atoms with Gasteiger partial charge in [-0.05, 0) is 55.9 Å². The van der Waals surface area contributed by atoms with Gasteiger partial charge < -0.3 is 5.11 Å². The molecule has 3 N–H and O–H groups in total. The first-order valence-electron chi connectivity index (χ1n) is 16.9. The van der Waals surface area contributed by atoms with E-state index in [1.165, 1.54) is 9.03 Å². The lowest BCUT2D eigenvalue weighted by atomic mass is 9.93. The molecule has 8 rings (SSSR count). The Morgan fingerprint density at radius 1 is 0.827 bits per heavy atom. The number of aryl methyl sites for hydroxylation is 2. The molecule has 15 heteroatoms. The summed E-state index contributed by atoms with van der Waals surface area (Å²) in [5, 5.41) is 24.9. The first-order chi connectivity index (χ1) is 25.1. The van der Waals surface area contributed by atoms with E-state index in [2.05, 4.69) is 30.4 Å². The fourth-order valence-corrected chi connectivity index (χ4v) is 6.99. The number of aromatic amines is 2. The normalized spacial score (nSPS) is 12.4. The van der Waals surface area contributed by atoms with Gasteiger partial charge in [0.1, 0.15) is 0 Å². The Bertz CT molecular complexity index is 2710. The molecular formula is C37H36N12O3. The second-order valence-electron chi connectivity index (χ2n) is 13.3. The van der Waals surface area contributed by atoms with E-state index in [0.29, 0.717) is 57.2 Å². The average Bonchev–Trinajstić information content (AvgIpc) is 3.94. The Balaban J connectivity index is 1.19. The van der Waals surface area contributed by atoms with Gasteiger partial charge in [0, 0.05) is 75.9 Å². The minimum absolute atomic E-state index is 0.0186. The van der Waals surface area contributed by atoms with E-state index in [9.17, 15) is 14.7 Å². The van der Waals surface area contributed by atoms with E-state index in [-0.39, 0.29) is 29.6 Å². The Morgan fingerprint density at radius 3 is 2.29 bits per heavy atom. The van der Waals surface area contributed by atoms with Gasteiger partial charge in [0.25, 0.3) is 11.1 Å². The van der Waals surface area contributed by atoms with E-state index >= 15 is 0 Å². The lowest BCUT2D eigenvalue weighted by molar-refractivity contribution is 0.281. The molecule has 0 aliphatic rings. The molecular weight excluding hydrogens is 660 g/mol. The van der Waals surface area contributed by atoms with E-state index in [4.69, 9.17) is 9.97 Å². The molecule has 0 aliphatic heterocycles. The molecule has 15 nitrogen and oxygen atoms in total. The molecule has 8 aromatic rings. The van der Waals surface area contributed by atoms with Crippen LogP contribution in [-0.2, 0) is 13.0 Å². The maximum atomic E-state index is 14.2. The maximum Gasteiger partial charge on any atom is 0.276 e.